The molecular weight excluding hydrogens is 276 g/mol. The van der Waals surface area contributed by atoms with Gasteiger partial charge >= 0.3 is 18.0 Å². The third-order valence-electron chi connectivity index (χ3n) is 3.58. The summed E-state index contributed by atoms with van der Waals surface area (Å²) in [7, 11) is 1.23. The van der Waals surface area contributed by atoms with Gasteiger partial charge in [0.05, 0.1) is 7.11 Å². The second kappa shape index (κ2) is 10.0. The van der Waals surface area contributed by atoms with Crippen molar-refractivity contribution in [1.29, 1.82) is 0 Å². The molecule has 7 nitrogen and oxygen atoms in total. The molecule has 0 aliphatic carbocycles. The van der Waals surface area contributed by atoms with Crippen LogP contribution in [-0.2, 0) is 14.3 Å². The standard InChI is InChI=1S/C14H26N2O5/c1-5-10(6-2)9(3)15-14(20)16-11(13(18)19)7-8-12(17)21-4/h9-11H,5-8H2,1-4H3,(H,18,19)(H2,15,16,20)/t9?,11-/m1/s1. The maximum Gasteiger partial charge on any atom is 0.326 e. The molecule has 0 aliphatic rings. The zero-order valence-electron chi connectivity index (χ0n) is 13.1. The van der Waals surface area contributed by atoms with Gasteiger partial charge in [0.25, 0.3) is 0 Å². The first-order valence-corrected chi connectivity index (χ1v) is 7.22. The Kier molecular flexibility index (Phi) is 9.16. The van der Waals surface area contributed by atoms with Crippen molar-refractivity contribution in [1.82, 2.24) is 10.6 Å². The van der Waals surface area contributed by atoms with Gasteiger partial charge < -0.3 is 20.5 Å². The van der Waals surface area contributed by atoms with Crippen LogP contribution in [0.15, 0.2) is 0 Å². The summed E-state index contributed by atoms with van der Waals surface area (Å²) in [6.45, 7) is 5.97. The zero-order chi connectivity index (χ0) is 16.4. The number of amides is 2. The molecule has 122 valence electrons. The highest BCUT2D eigenvalue weighted by Gasteiger charge is 2.23. The van der Waals surface area contributed by atoms with Crippen molar-refractivity contribution in [3.8, 4) is 0 Å². The van der Waals surface area contributed by atoms with Crippen LogP contribution in [0, 0.1) is 5.92 Å². The van der Waals surface area contributed by atoms with Gasteiger partial charge in [-0.1, -0.05) is 26.7 Å². The van der Waals surface area contributed by atoms with Crippen LogP contribution in [0.1, 0.15) is 46.5 Å². The molecular formula is C14H26N2O5. The summed E-state index contributed by atoms with van der Waals surface area (Å²) in [4.78, 5) is 33.9. The summed E-state index contributed by atoms with van der Waals surface area (Å²) < 4.78 is 4.45. The molecule has 0 fully saturated rings. The topological polar surface area (TPSA) is 105 Å². The van der Waals surface area contributed by atoms with Crippen molar-refractivity contribution in [3.05, 3.63) is 0 Å². The number of carbonyl (C=O) groups excluding carboxylic acids is 2. The molecule has 0 spiro atoms. The van der Waals surface area contributed by atoms with Gasteiger partial charge in [0.15, 0.2) is 0 Å². The van der Waals surface area contributed by atoms with Crippen LogP contribution in [0.3, 0.4) is 0 Å². The van der Waals surface area contributed by atoms with Crippen molar-refractivity contribution in [2.45, 2.75) is 58.5 Å². The Morgan fingerprint density at radius 2 is 1.71 bits per heavy atom. The molecule has 7 heteroatoms. The summed E-state index contributed by atoms with van der Waals surface area (Å²) in [5.41, 5.74) is 0. The smallest absolute Gasteiger partial charge is 0.326 e. The first-order chi connectivity index (χ1) is 9.85. The Labute approximate surface area is 125 Å². The lowest BCUT2D eigenvalue weighted by Gasteiger charge is -2.23. The van der Waals surface area contributed by atoms with Crippen LogP contribution >= 0.6 is 0 Å². The van der Waals surface area contributed by atoms with Crippen molar-refractivity contribution in [2.75, 3.05) is 7.11 Å². The molecule has 1 unspecified atom stereocenters. The first-order valence-electron chi connectivity index (χ1n) is 7.22. The van der Waals surface area contributed by atoms with Crippen molar-refractivity contribution >= 4 is 18.0 Å². The van der Waals surface area contributed by atoms with Crippen LogP contribution in [0.2, 0.25) is 0 Å². The van der Waals surface area contributed by atoms with Crippen LogP contribution in [-0.4, -0.2) is 42.3 Å². The number of carboxylic acid groups (broad SMARTS) is 1. The largest absolute Gasteiger partial charge is 0.480 e. The molecule has 0 rings (SSSR count). The fourth-order valence-corrected chi connectivity index (χ4v) is 2.14. The molecule has 0 heterocycles. The summed E-state index contributed by atoms with van der Waals surface area (Å²) in [5, 5.41) is 14.2. The minimum Gasteiger partial charge on any atom is -0.480 e. The van der Waals surface area contributed by atoms with Crippen molar-refractivity contribution in [3.63, 3.8) is 0 Å². The van der Waals surface area contributed by atoms with Gasteiger partial charge in [-0.15, -0.1) is 0 Å². The Bertz CT molecular complexity index is 355. The summed E-state index contributed by atoms with van der Waals surface area (Å²) in [5.74, 6) is -1.34. The van der Waals surface area contributed by atoms with E-state index in [-0.39, 0.29) is 18.9 Å². The van der Waals surface area contributed by atoms with Crippen LogP contribution in [0.4, 0.5) is 4.79 Å². The third kappa shape index (κ3) is 7.53. The molecule has 0 aliphatic heterocycles. The number of esters is 1. The molecule has 0 aromatic rings. The maximum atomic E-state index is 11.8. The normalized spacial score (nSPS) is 13.4. The SMILES string of the molecule is CCC(CC)C(C)NC(=O)N[C@H](CCC(=O)OC)C(=O)O. The molecule has 0 bridgehead atoms. The van der Waals surface area contributed by atoms with Crippen molar-refractivity contribution < 1.29 is 24.2 Å². The molecule has 0 aromatic carbocycles. The summed E-state index contributed by atoms with van der Waals surface area (Å²) in [6.07, 6.45) is 1.80. The van der Waals surface area contributed by atoms with E-state index in [1.165, 1.54) is 7.11 Å². The van der Waals surface area contributed by atoms with Gasteiger partial charge in [-0.3, -0.25) is 4.79 Å². The Balaban J connectivity index is 4.41. The predicted molar refractivity (Wildman–Crippen MR) is 77.9 cm³/mol. The summed E-state index contributed by atoms with van der Waals surface area (Å²) >= 11 is 0. The van der Waals surface area contributed by atoms with Gasteiger partial charge in [0, 0.05) is 12.5 Å². The number of ether oxygens (including phenoxy) is 1. The molecule has 0 radical (unpaired) electrons. The Hall–Kier alpha value is -1.79. The molecule has 0 aromatic heterocycles. The molecule has 0 saturated carbocycles. The van der Waals surface area contributed by atoms with Gasteiger partial charge in [0.2, 0.25) is 0 Å². The quantitative estimate of drug-likeness (QED) is 0.560. The number of rotatable bonds is 9. The van der Waals surface area contributed by atoms with E-state index in [1.807, 2.05) is 20.8 Å². The Morgan fingerprint density at radius 3 is 2.14 bits per heavy atom. The number of hydrogen-bond acceptors (Lipinski definition) is 4. The predicted octanol–water partition coefficient (Wildman–Crippen LogP) is 1.52. The maximum absolute atomic E-state index is 11.8. The zero-order valence-corrected chi connectivity index (χ0v) is 13.1. The van der Waals surface area contributed by atoms with Crippen LogP contribution in [0.25, 0.3) is 0 Å². The number of urea groups is 1. The van der Waals surface area contributed by atoms with Gasteiger partial charge in [-0.2, -0.15) is 0 Å². The lowest BCUT2D eigenvalue weighted by atomic mass is 9.96. The van der Waals surface area contributed by atoms with Crippen LogP contribution < -0.4 is 10.6 Å². The van der Waals surface area contributed by atoms with E-state index >= 15 is 0 Å². The van der Waals surface area contributed by atoms with Crippen molar-refractivity contribution in [2.24, 2.45) is 5.92 Å². The fraction of sp³-hybridized carbons (Fsp3) is 0.786. The van der Waals surface area contributed by atoms with Gasteiger partial charge in [0.1, 0.15) is 6.04 Å². The lowest BCUT2D eigenvalue weighted by molar-refractivity contribution is -0.142. The highest BCUT2D eigenvalue weighted by molar-refractivity contribution is 5.83. The van der Waals surface area contributed by atoms with E-state index in [1.54, 1.807) is 0 Å². The molecule has 2 atom stereocenters. The molecule has 3 N–H and O–H groups in total. The average molecular weight is 302 g/mol. The van der Waals surface area contributed by atoms with Gasteiger partial charge in [-0.25, -0.2) is 9.59 Å². The van der Waals surface area contributed by atoms with Crippen LogP contribution in [0.5, 0.6) is 0 Å². The van der Waals surface area contributed by atoms with E-state index < -0.39 is 24.0 Å². The van der Waals surface area contributed by atoms with E-state index in [0.29, 0.717) is 5.92 Å². The number of nitrogens with one attached hydrogen (secondary N) is 2. The number of methoxy groups -OCH3 is 1. The average Bonchev–Trinajstić information content (AvgIpc) is 2.43. The van der Waals surface area contributed by atoms with Gasteiger partial charge in [-0.05, 0) is 19.3 Å². The molecule has 2 amide bonds. The highest BCUT2D eigenvalue weighted by atomic mass is 16.5. The number of hydrogen-bond donors (Lipinski definition) is 3. The van der Waals surface area contributed by atoms with E-state index in [9.17, 15) is 14.4 Å². The third-order valence-corrected chi connectivity index (χ3v) is 3.58. The second-order valence-electron chi connectivity index (χ2n) is 4.99. The number of carboxylic acids is 1. The second-order valence-corrected chi connectivity index (χ2v) is 4.99. The molecule has 21 heavy (non-hydrogen) atoms. The molecule has 0 saturated heterocycles. The van der Waals surface area contributed by atoms with E-state index in [4.69, 9.17) is 5.11 Å². The number of carbonyl (C=O) groups is 3. The summed E-state index contributed by atoms with van der Waals surface area (Å²) in [6, 6.07) is -1.69. The minimum absolute atomic E-state index is 0.00517. The van der Waals surface area contributed by atoms with E-state index in [2.05, 4.69) is 15.4 Å². The highest BCUT2D eigenvalue weighted by Crippen LogP contribution is 2.12. The monoisotopic (exact) mass is 302 g/mol. The minimum atomic E-state index is -1.18. The van der Waals surface area contributed by atoms with E-state index in [0.717, 1.165) is 12.8 Å². The first kappa shape index (κ1) is 19.2. The fourth-order valence-electron chi connectivity index (χ4n) is 2.14. The lowest BCUT2D eigenvalue weighted by Crippen LogP contribution is -2.50. The Morgan fingerprint density at radius 1 is 1.14 bits per heavy atom. The number of aliphatic carboxylic acids is 1.